The maximum absolute atomic E-state index is 5.56. The molecule has 10 heavy (non-hydrogen) atoms. The minimum atomic E-state index is 0.433. The van der Waals surface area contributed by atoms with Crippen molar-refractivity contribution in [2.24, 2.45) is 0 Å². The highest BCUT2D eigenvalue weighted by Crippen LogP contribution is 2.10. The largest absolute Gasteiger partial charge is 0.374 e. The second-order valence-corrected chi connectivity index (χ2v) is 2.96. The van der Waals surface area contributed by atoms with Crippen molar-refractivity contribution in [1.29, 1.82) is 0 Å². The first-order valence-corrected chi connectivity index (χ1v) is 4.02. The molecule has 0 aromatic carbocycles. The van der Waals surface area contributed by atoms with Crippen LogP contribution in [0.3, 0.4) is 0 Å². The minimum Gasteiger partial charge on any atom is -0.374 e. The van der Waals surface area contributed by atoms with Gasteiger partial charge in [-0.3, -0.25) is 0 Å². The Morgan fingerprint density at radius 1 is 1.30 bits per heavy atom. The number of fused-ring (bicyclic) bond motifs is 1. The molecule has 0 bridgehead atoms. The molecule has 0 amide bonds. The van der Waals surface area contributed by atoms with Gasteiger partial charge in [0.05, 0.1) is 12.7 Å². The molecule has 0 unspecified atom stereocenters. The van der Waals surface area contributed by atoms with Crippen LogP contribution >= 0.6 is 0 Å². The van der Waals surface area contributed by atoms with Gasteiger partial charge in [-0.25, -0.2) is 0 Å². The number of rotatable bonds is 0. The van der Waals surface area contributed by atoms with Gasteiger partial charge in [0.15, 0.2) is 0 Å². The van der Waals surface area contributed by atoms with Crippen LogP contribution in [-0.4, -0.2) is 38.4 Å². The Bertz CT molecular complexity index is 92.2. The van der Waals surface area contributed by atoms with Crippen LogP contribution in [-0.2, 0) is 4.74 Å². The predicted octanol–water partition coefficient (Wildman–Crippen LogP) is -0.663. The normalized spacial score (nSPS) is 40.8. The summed E-state index contributed by atoms with van der Waals surface area (Å²) in [4.78, 5) is 0. The first kappa shape index (κ1) is 6.58. The van der Waals surface area contributed by atoms with Gasteiger partial charge < -0.3 is 15.4 Å². The molecule has 0 radical (unpaired) electrons. The fraction of sp³-hybridized carbons (Fsp3) is 1.00. The summed E-state index contributed by atoms with van der Waals surface area (Å²) in [5.41, 5.74) is 0. The zero-order chi connectivity index (χ0) is 6.81. The van der Waals surface area contributed by atoms with E-state index in [1.165, 1.54) is 6.42 Å². The van der Waals surface area contributed by atoms with E-state index in [4.69, 9.17) is 4.74 Å². The lowest BCUT2D eigenvalue weighted by Crippen LogP contribution is -2.56. The monoisotopic (exact) mass is 142 g/mol. The van der Waals surface area contributed by atoms with E-state index in [1.807, 2.05) is 0 Å². The molecular formula is C7H14N2O. The summed E-state index contributed by atoms with van der Waals surface area (Å²) in [6.45, 7) is 4.07. The van der Waals surface area contributed by atoms with Gasteiger partial charge in [0.1, 0.15) is 0 Å². The molecule has 2 aliphatic rings. The van der Waals surface area contributed by atoms with E-state index in [1.54, 1.807) is 0 Å². The first-order valence-electron chi connectivity index (χ1n) is 4.02. The second-order valence-electron chi connectivity index (χ2n) is 2.96. The quantitative estimate of drug-likeness (QED) is 0.471. The Hall–Kier alpha value is -0.120. The summed E-state index contributed by atoms with van der Waals surface area (Å²) in [6, 6.07) is 0.620. The lowest BCUT2D eigenvalue weighted by Gasteiger charge is -2.36. The minimum absolute atomic E-state index is 0.433. The number of hydrogen-bond acceptors (Lipinski definition) is 3. The number of nitrogens with one attached hydrogen (secondary N) is 2. The third kappa shape index (κ3) is 1.17. The van der Waals surface area contributed by atoms with Gasteiger partial charge in [-0.05, 0) is 13.0 Å². The average molecular weight is 142 g/mol. The highest BCUT2D eigenvalue weighted by atomic mass is 16.5. The molecule has 0 spiro atoms. The van der Waals surface area contributed by atoms with Crippen molar-refractivity contribution < 1.29 is 4.74 Å². The van der Waals surface area contributed by atoms with Crippen molar-refractivity contribution in [1.82, 2.24) is 10.6 Å². The second kappa shape index (κ2) is 2.86. The Morgan fingerprint density at radius 2 is 2.30 bits per heavy atom. The van der Waals surface area contributed by atoms with Crippen molar-refractivity contribution in [3.63, 3.8) is 0 Å². The average Bonchev–Trinajstić information content (AvgIpc) is 2.05. The maximum atomic E-state index is 5.56. The summed E-state index contributed by atoms with van der Waals surface area (Å²) < 4.78 is 5.56. The zero-order valence-electron chi connectivity index (χ0n) is 6.10. The summed E-state index contributed by atoms with van der Waals surface area (Å²) in [6.07, 6.45) is 1.65. The van der Waals surface area contributed by atoms with Crippen LogP contribution in [0.15, 0.2) is 0 Å². The van der Waals surface area contributed by atoms with Crippen molar-refractivity contribution in [3.8, 4) is 0 Å². The predicted molar refractivity (Wildman–Crippen MR) is 39.0 cm³/mol. The van der Waals surface area contributed by atoms with Gasteiger partial charge in [0, 0.05) is 19.1 Å². The van der Waals surface area contributed by atoms with Gasteiger partial charge >= 0.3 is 0 Å². The van der Waals surface area contributed by atoms with E-state index in [9.17, 15) is 0 Å². The Kier molecular flexibility index (Phi) is 1.88. The molecule has 2 fully saturated rings. The molecule has 0 aromatic heterocycles. The van der Waals surface area contributed by atoms with Crippen molar-refractivity contribution in [2.75, 3.05) is 26.2 Å². The number of morpholine rings is 1. The molecule has 0 saturated carbocycles. The summed E-state index contributed by atoms with van der Waals surface area (Å²) >= 11 is 0. The van der Waals surface area contributed by atoms with Gasteiger partial charge in [0.25, 0.3) is 0 Å². The lowest BCUT2D eigenvalue weighted by molar-refractivity contribution is -0.0152. The van der Waals surface area contributed by atoms with Crippen molar-refractivity contribution >= 4 is 0 Å². The third-order valence-electron chi connectivity index (χ3n) is 2.27. The molecule has 0 aliphatic carbocycles. The number of piperidine rings is 1. The molecule has 3 nitrogen and oxygen atoms in total. The van der Waals surface area contributed by atoms with Gasteiger partial charge in [-0.2, -0.15) is 0 Å². The van der Waals surface area contributed by atoms with Crippen LogP contribution in [0, 0.1) is 0 Å². The van der Waals surface area contributed by atoms with Gasteiger partial charge in [-0.1, -0.05) is 0 Å². The highest BCUT2D eigenvalue weighted by molar-refractivity contribution is 4.86. The Morgan fingerprint density at radius 3 is 3.20 bits per heavy atom. The molecule has 2 N–H and O–H groups in total. The van der Waals surface area contributed by atoms with Crippen molar-refractivity contribution in [2.45, 2.75) is 18.6 Å². The Balaban J connectivity index is 1.93. The van der Waals surface area contributed by atoms with E-state index < -0.39 is 0 Å². The topological polar surface area (TPSA) is 33.3 Å². The molecule has 0 aromatic rings. The van der Waals surface area contributed by atoms with E-state index in [-0.39, 0.29) is 0 Å². The molecule has 2 saturated heterocycles. The molecule has 3 heteroatoms. The standard InChI is InChI=1S/C7H14N2O/c1-2-8-5-7-6(1)9-3-4-10-7/h6-9H,1-5H2/t6-,7-/m1/s1. The number of ether oxygens (including phenoxy) is 1. The maximum Gasteiger partial charge on any atom is 0.0853 e. The molecule has 2 rings (SSSR count). The smallest absolute Gasteiger partial charge is 0.0853 e. The van der Waals surface area contributed by atoms with Gasteiger partial charge in [-0.15, -0.1) is 0 Å². The lowest BCUT2D eigenvalue weighted by atomic mass is 10.0. The fourth-order valence-electron chi connectivity index (χ4n) is 1.69. The Labute approximate surface area is 61.1 Å². The van der Waals surface area contributed by atoms with Gasteiger partial charge in [0.2, 0.25) is 0 Å². The van der Waals surface area contributed by atoms with E-state index in [0.717, 1.165) is 26.2 Å². The summed E-state index contributed by atoms with van der Waals surface area (Å²) in [7, 11) is 0. The van der Waals surface area contributed by atoms with Crippen LogP contribution in [0.5, 0.6) is 0 Å². The van der Waals surface area contributed by atoms with Crippen LogP contribution in [0.4, 0.5) is 0 Å². The SMILES string of the molecule is C1C[C@H]2NCCO[C@@H]2CN1. The van der Waals surface area contributed by atoms with Crippen LogP contribution < -0.4 is 10.6 Å². The van der Waals surface area contributed by atoms with E-state index >= 15 is 0 Å². The molecule has 2 aliphatic heterocycles. The summed E-state index contributed by atoms with van der Waals surface area (Å²) in [5, 5.41) is 6.77. The molecule has 58 valence electrons. The molecule has 2 atom stereocenters. The van der Waals surface area contributed by atoms with Crippen LogP contribution in [0.25, 0.3) is 0 Å². The fourth-order valence-corrected chi connectivity index (χ4v) is 1.69. The molecule has 2 heterocycles. The van der Waals surface area contributed by atoms with E-state index in [2.05, 4.69) is 10.6 Å². The summed E-state index contributed by atoms with van der Waals surface area (Å²) in [5.74, 6) is 0. The first-order chi connectivity index (χ1) is 4.97. The number of hydrogen-bond donors (Lipinski definition) is 2. The van der Waals surface area contributed by atoms with E-state index in [0.29, 0.717) is 12.1 Å². The third-order valence-corrected chi connectivity index (χ3v) is 2.27. The highest BCUT2D eigenvalue weighted by Gasteiger charge is 2.27. The molecular weight excluding hydrogens is 128 g/mol. The van der Waals surface area contributed by atoms with Crippen LogP contribution in [0.1, 0.15) is 6.42 Å². The van der Waals surface area contributed by atoms with Crippen LogP contribution in [0.2, 0.25) is 0 Å². The zero-order valence-corrected chi connectivity index (χ0v) is 6.10. The van der Waals surface area contributed by atoms with Crippen molar-refractivity contribution in [3.05, 3.63) is 0 Å².